The second-order valence-corrected chi connectivity index (χ2v) is 12.1. The molecule has 8 nitrogen and oxygen atoms in total. The van der Waals surface area contributed by atoms with E-state index in [1.807, 2.05) is 66.3 Å². The largest absolute Gasteiger partial charge is 0.348 e. The van der Waals surface area contributed by atoms with E-state index in [9.17, 15) is 9.18 Å². The predicted molar refractivity (Wildman–Crippen MR) is 175 cm³/mol. The Labute approximate surface area is 258 Å². The van der Waals surface area contributed by atoms with Crippen LogP contribution in [0.5, 0.6) is 0 Å². The molecule has 6 rings (SSSR count). The van der Waals surface area contributed by atoms with E-state index in [1.54, 1.807) is 29.8 Å². The smallest absolute Gasteiger partial charge is 0.243 e. The first-order chi connectivity index (χ1) is 21.4. The Morgan fingerprint density at radius 1 is 1.00 bits per heavy atom. The van der Waals surface area contributed by atoms with Gasteiger partial charge in [0.05, 0.1) is 30.3 Å². The van der Waals surface area contributed by atoms with Gasteiger partial charge in [0.15, 0.2) is 0 Å². The standard InChI is InChI=1S/C34H32FN7OS/c1-41(2)14-4-7-33(43)36-20-29-11-10-28(44-29)16-23-8-12-31-30(17-23)34(38-22-37-31)40-27-9-13-32-25(18-27)19-39-42(32)21-24-5-3-6-26(35)15-24/h3-13,15,17-19,22H,14,16,20-21H2,1-2H3,(H,36,43)(H,37,38,40)/b7-4+. The fourth-order valence-electron chi connectivity index (χ4n) is 4.97. The Balaban J connectivity index is 1.14. The van der Waals surface area contributed by atoms with Crippen LogP contribution in [0.1, 0.15) is 20.9 Å². The molecule has 3 heterocycles. The van der Waals surface area contributed by atoms with Crippen molar-refractivity contribution in [2.45, 2.75) is 19.5 Å². The van der Waals surface area contributed by atoms with Gasteiger partial charge >= 0.3 is 0 Å². The first-order valence-electron chi connectivity index (χ1n) is 14.3. The number of fused-ring (bicyclic) bond motifs is 2. The lowest BCUT2D eigenvalue weighted by Crippen LogP contribution is -2.20. The zero-order chi connectivity index (χ0) is 30.5. The number of thiophene rings is 1. The maximum absolute atomic E-state index is 13.7. The number of hydrogen-bond acceptors (Lipinski definition) is 7. The minimum Gasteiger partial charge on any atom is -0.348 e. The number of carbonyl (C=O) groups is 1. The number of anilines is 2. The van der Waals surface area contributed by atoms with Gasteiger partial charge in [0.25, 0.3) is 0 Å². The van der Waals surface area contributed by atoms with Crippen molar-refractivity contribution in [1.82, 2.24) is 30.0 Å². The molecule has 2 N–H and O–H groups in total. The average molecular weight is 606 g/mol. The van der Waals surface area contributed by atoms with Gasteiger partial charge in [-0.25, -0.2) is 14.4 Å². The molecule has 0 atom stereocenters. The van der Waals surface area contributed by atoms with E-state index in [-0.39, 0.29) is 11.7 Å². The van der Waals surface area contributed by atoms with Gasteiger partial charge in [-0.15, -0.1) is 11.3 Å². The molecule has 6 aromatic rings. The fraction of sp³-hybridized carbons (Fsp3) is 0.176. The molecule has 1 amide bonds. The Bertz CT molecular complexity index is 1960. The van der Waals surface area contributed by atoms with E-state index in [2.05, 4.69) is 50.0 Å². The van der Waals surface area contributed by atoms with Crippen molar-refractivity contribution >= 4 is 50.6 Å². The number of nitrogens with zero attached hydrogens (tertiary/aromatic N) is 5. The quantitative estimate of drug-likeness (QED) is 0.169. The van der Waals surface area contributed by atoms with Gasteiger partial charge in [0.2, 0.25) is 5.91 Å². The third-order valence-corrected chi connectivity index (χ3v) is 8.18. The summed E-state index contributed by atoms with van der Waals surface area (Å²) in [7, 11) is 3.93. The van der Waals surface area contributed by atoms with Crippen molar-refractivity contribution in [3.8, 4) is 0 Å². The highest BCUT2D eigenvalue weighted by Crippen LogP contribution is 2.28. The van der Waals surface area contributed by atoms with Crippen LogP contribution < -0.4 is 10.6 Å². The monoisotopic (exact) mass is 605 g/mol. The van der Waals surface area contributed by atoms with E-state index >= 15 is 0 Å². The molecule has 0 spiro atoms. The number of nitrogens with one attached hydrogen (secondary N) is 2. The number of likely N-dealkylation sites (N-methyl/N-ethyl adjacent to an activating group) is 1. The Kier molecular flexibility index (Phi) is 8.71. The van der Waals surface area contributed by atoms with Gasteiger partial charge in [0.1, 0.15) is 18.0 Å². The Morgan fingerprint density at radius 2 is 1.89 bits per heavy atom. The molecular weight excluding hydrogens is 573 g/mol. The van der Waals surface area contributed by atoms with E-state index in [4.69, 9.17) is 0 Å². The summed E-state index contributed by atoms with van der Waals surface area (Å²) in [5, 5.41) is 12.8. The van der Waals surface area contributed by atoms with Gasteiger partial charge in [-0.2, -0.15) is 5.10 Å². The number of benzene rings is 3. The van der Waals surface area contributed by atoms with E-state index in [0.717, 1.165) is 62.3 Å². The Hall–Kier alpha value is -4.93. The fourth-order valence-corrected chi connectivity index (χ4v) is 5.96. The SMILES string of the molecule is CN(C)C/C=C/C(=O)NCc1ccc(Cc2ccc3ncnc(Nc4ccc5c(cnn5Cc5cccc(F)c5)c4)c3c2)s1. The molecule has 0 unspecified atom stereocenters. The lowest BCUT2D eigenvalue weighted by Gasteiger charge is -2.10. The van der Waals surface area contributed by atoms with E-state index in [0.29, 0.717) is 13.1 Å². The number of rotatable bonds is 11. The summed E-state index contributed by atoms with van der Waals surface area (Å²) >= 11 is 1.69. The summed E-state index contributed by atoms with van der Waals surface area (Å²) < 4.78 is 15.5. The van der Waals surface area contributed by atoms with Crippen LogP contribution in [0.15, 0.2) is 97.5 Å². The molecule has 0 radical (unpaired) electrons. The third kappa shape index (κ3) is 7.16. The first kappa shape index (κ1) is 29.2. The lowest BCUT2D eigenvalue weighted by atomic mass is 10.1. The zero-order valence-corrected chi connectivity index (χ0v) is 25.3. The number of carbonyl (C=O) groups excluding carboxylic acids is 1. The molecule has 0 bridgehead atoms. The first-order valence-corrected chi connectivity index (χ1v) is 15.1. The van der Waals surface area contributed by atoms with Crippen LogP contribution in [0.3, 0.4) is 0 Å². The summed E-state index contributed by atoms with van der Waals surface area (Å²) in [4.78, 5) is 25.4. The normalized spacial score (nSPS) is 11.6. The maximum Gasteiger partial charge on any atom is 0.243 e. The molecule has 0 saturated carbocycles. The van der Waals surface area contributed by atoms with Crippen LogP contribution in [0, 0.1) is 5.82 Å². The Morgan fingerprint density at radius 3 is 2.75 bits per heavy atom. The van der Waals surface area contributed by atoms with Crippen molar-refractivity contribution in [1.29, 1.82) is 0 Å². The molecule has 0 aliphatic heterocycles. The van der Waals surface area contributed by atoms with Crippen LogP contribution in [0.4, 0.5) is 15.9 Å². The van der Waals surface area contributed by atoms with Gasteiger partial charge in [-0.05, 0) is 79.8 Å². The third-order valence-electron chi connectivity index (χ3n) is 7.10. The van der Waals surface area contributed by atoms with Crippen LogP contribution >= 0.6 is 11.3 Å². The van der Waals surface area contributed by atoms with Crippen molar-refractivity contribution in [2.75, 3.05) is 26.0 Å². The summed E-state index contributed by atoms with van der Waals surface area (Å²) in [5.74, 6) is 0.379. The highest BCUT2D eigenvalue weighted by atomic mass is 32.1. The van der Waals surface area contributed by atoms with Gasteiger partial charge in [0, 0.05) is 45.3 Å². The van der Waals surface area contributed by atoms with Crippen LogP contribution in [0.25, 0.3) is 21.8 Å². The molecule has 3 aromatic carbocycles. The second-order valence-electron chi connectivity index (χ2n) is 10.8. The lowest BCUT2D eigenvalue weighted by molar-refractivity contribution is -0.116. The van der Waals surface area contributed by atoms with Crippen molar-refractivity contribution in [3.05, 3.63) is 124 Å². The van der Waals surface area contributed by atoms with Crippen LogP contribution in [0.2, 0.25) is 0 Å². The predicted octanol–water partition coefficient (Wildman–Crippen LogP) is 6.30. The van der Waals surface area contributed by atoms with Gasteiger partial charge in [-0.1, -0.05) is 24.3 Å². The summed E-state index contributed by atoms with van der Waals surface area (Å²) in [6.07, 6.45) is 7.58. The minimum atomic E-state index is -0.254. The number of aromatic nitrogens is 4. The maximum atomic E-state index is 13.7. The van der Waals surface area contributed by atoms with Gasteiger partial charge < -0.3 is 15.5 Å². The highest BCUT2D eigenvalue weighted by Gasteiger charge is 2.10. The van der Waals surface area contributed by atoms with Crippen molar-refractivity contribution in [3.63, 3.8) is 0 Å². The molecule has 0 aliphatic carbocycles. The van der Waals surface area contributed by atoms with Crippen LogP contribution in [-0.2, 0) is 24.3 Å². The minimum absolute atomic E-state index is 0.0896. The van der Waals surface area contributed by atoms with E-state index < -0.39 is 0 Å². The topological polar surface area (TPSA) is 88.0 Å². The second kappa shape index (κ2) is 13.2. The molecular formula is C34H32FN7OS. The number of amides is 1. The molecule has 10 heteroatoms. The summed E-state index contributed by atoms with van der Waals surface area (Å²) in [5.41, 5.74) is 4.70. The summed E-state index contributed by atoms with van der Waals surface area (Å²) in [6.45, 7) is 1.72. The zero-order valence-electron chi connectivity index (χ0n) is 24.5. The van der Waals surface area contributed by atoms with Crippen molar-refractivity contribution in [2.24, 2.45) is 0 Å². The highest BCUT2D eigenvalue weighted by molar-refractivity contribution is 7.12. The molecule has 44 heavy (non-hydrogen) atoms. The summed E-state index contributed by atoms with van der Waals surface area (Å²) in [6, 6.07) is 23.0. The van der Waals surface area contributed by atoms with Gasteiger partial charge in [-0.3, -0.25) is 9.48 Å². The molecule has 0 aliphatic rings. The molecule has 0 saturated heterocycles. The van der Waals surface area contributed by atoms with Crippen molar-refractivity contribution < 1.29 is 9.18 Å². The number of hydrogen-bond donors (Lipinski definition) is 2. The van der Waals surface area contributed by atoms with E-state index in [1.165, 1.54) is 17.0 Å². The number of halogens is 1. The average Bonchev–Trinajstić information content (AvgIpc) is 3.62. The molecule has 222 valence electrons. The molecule has 0 fully saturated rings. The van der Waals surface area contributed by atoms with Crippen LogP contribution in [-0.4, -0.2) is 51.2 Å². The molecule has 3 aromatic heterocycles.